The average Bonchev–Trinajstić information content (AvgIpc) is 3.27. The van der Waals surface area contributed by atoms with E-state index in [0.29, 0.717) is 32.6 Å². The first-order valence-corrected chi connectivity index (χ1v) is 13.0. The summed E-state index contributed by atoms with van der Waals surface area (Å²) in [6.07, 6.45) is 3.48. The minimum atomic E-state index is -1.76. The molecule has 204 valence electrons. The maximum absolute atomic E-state index is 13.7. The summed E-state index contributed by atoms with van der Waals surface area (Å²) in [6.45, 7) is 6.52. The van der Waals surface area contributed by atoms with E-state index in [1.54, 1.807) is 20.8 Å². The Kier molecular flexibility index (Phi) is 9.57. The number of carbonyl (C=O) groups excluding carboxylic acids is 3. The molecule has 1 saturated carbocycles. The topological polar surface area (TPSA) is 154 Å². The quantitative estimate of drug-likeness (QED) is 0.362. The van der Waals surface area contributed by atoms with Crippen LogP contribution < -0.4 is 10.6 Å². The van der Waals surface area contributed by atoms with Crippen molar-refractivity contribution in [2.45, 2.75) is 102 Å². The number of carbonyl (C=O) groups is 4. The fraction of sp³-hybridized carbons (Fsp3) is 0.840. The van der Waals surface area contributed by atoms with E-state index in [1.807, 2.05) is 0 Å². The Bertz CT molecular complexity index is 804. The van der Waals surface area contributed by atoms with Gasteiger partial charge in [0.15, 0.2) is 6.10 Å². The zero-order valence-electron chi connectivity index (χ0n) is 21.5. The van der Waals surface area contributed by atoms with E-state index in [0.717, 1.165) is 32.1 Å². The summed E-state index contributed by atoms with van der Waals surface area (Å²) in [5.74, 6) is -2.24. The average molecular weight is 512 g/mol. The van der Waals surface area contributed by atoms with Gasteiger partial charge in [0.05, 0.1) is 19.3 Å². The second-order valence-corrected chi connectivity index (χ2v) is 11.2. The summed E-state index contributed by atoms with van der Waals surface area (Å²) >= 11 is 0. The predicted molar refractivity (Wildman–Crippen MR) is 129 cm³/mol. The van der Waals surface area contributed by atoms with Crippen LogP contribution >= 0.6 is 0 Å². The summed E-state index contributed by atoms with van der Waals surface area (Å²) in [5.41, 5.74) is -0.716. The van der Waals surface area contributed by atoms with Crippen LogP contribution in [-0.2, 0) is 23.9 Å². The third-order valence-corrected chi connectivity index (χ3v) is 7.15. The number of hydrogen-bond donors (Lipinski definition) is 4. The highest BCUT2D eigenvalue weighted by Crippen LogP contribution is 2.30. The van der Waals surface area contributed by atoms with Gasteiger partial charge in [-0.15, -0.1) is 0 Å². The molecule has 2 aliphatic heterocycles. The first-order valence-electron chi connectivity index (χ1n) is 13.0. The number of hydrogen-bond acceptors (Lipinski definition) is 7. The van der Waals surface area contributed by atoms with Gasteiger partial charge in [0.1, 0.15) is 17.7 Å². The van der Waals surface area contributed by atoms with Crippen molar-refractivity contribution in [2.24, 2.45) is 11.8 Å². The van der Waals surface area contributed by atoms with Crippen LogP contribution in [0.4, 0.5) is 4.79 Å². The molecular formula is C25H41N3O8. The maximum atomic E-state index is 13.7. The van der Waals surface area contributed by atoms with Crippen LogP contribution in [0.5, 0.6) is 0 Å². The van der Waals surface area contributed by atoms with Crippen LogP contribution in [0.1, 0.15) is 72.1 Å². The second-order valence-electron chi connectivity index (χ2n) is 11.2. The highest BCUT2D eigenvalue weighted by molar-refractivity contribution is 5.92. The normalized spacial score (nSPS) is 23.8. The van der Waals surface area contributed by atoms with Gasteiger partial charge in [0.2, 0.25) is 11.8 Å². The summed E-state index contributed by atoms with van der Waals surface area (Å²) in [5, 5.41) is 24.9. The molecule has 0 spiro atoms. The van der Waals surface area contributed by atoms with Gasteiger partial charge in [-0.3, -0.25) is 9.59 Å². The van der Waals surface area contributed by atoms with Crippen molar-refractivity contribution in [2.75, 3.05) is 19.8 Å². The van der Waals surface area contributed by atoms with Crippen molar-refractivity contribution in [3.8, 4) is 0 Å². The number of nitrogens with zero attached hydrogens (tertiary/aromatic N) is 1. The number of aliphatic hydroxyl groups is 1. The van der Waals surface area contributed by atoms with Gasteiger partial charge >= 0.3 is 12.1 Å². The van der Waals surface area contributed by atoms with Gasteiger partial charge < -0.3 is 35.2 Å². The number of amides is 3. The molecule has 0 aromatic heterocycles. The van der Waals surface area contributed by atoms with Crippen molar-refractivity contribution in [1.29, 1.82) is 0 Å². The highest BCUT2D eigenvalue weighted by Gasteiger charge is 2.42. The van der Waals surface area contributed by atoms with E-state index in [2.05, 4.69) is 10.6 Å². The Morgan fingerprint density at radius 2 is 1.69 bits per heavy atom. The van der Waals surface area contributed by atoms with Gasteiger partial charge in [0, 0.05) is 12.5 Å². The third-order valence-electron chi connectivity index (χ3n) is 7.15. The molecule has 4 N–H and O–H groups in total. The fourth-order valence-electron chi connectivity index (χ4n) is 5.26. The summed E-state index contributed by atoms with van der Waals surface area (Å²) < 4.78 is 10.5. The molecule has 0 aromatic carbocycles. The lowest BCUT2D eigenvalue weighted by molar-refractivity contribution is -0.150. The van der Waals surface area contributed by atoms with Gasteiger partial charge in [-0.2, -0.15) is 0 Å². The van der Waals surface area contributed by atoms with Crippen LogP contribution in [0, 0.1) is 11.8 Å². The number of nitrogens with one attached hydrogen (secondary N) is 2. The number of rotatable bonds is 9. The molecule has 11 nitrogen and oxygen atoms in total. The zero-order chi connectivity index (χ0) is 26.5. The molecule has 2 heterocycles. The van der Waals surface area contributed by atoms with Crippen LogP contribution in [0.2, 0.25) is 0 Å². The Balaban J connectivity index is 1.72. The summed E-state index contributed by atoms with van der Waals surface area (Å²) in [6, 6.07) is -2.60. The number of aliphatic carboxylic acids is 1. The molecule has 3 aliphatic rings. The van der Waals surface area contributed by atoms with Gasteiger partial charge in [0.25, 0.3) is 0 Å². The first kappa shape index (κ1) is 28.2. The molecule has 4 atom stereocenters. The molecule has 0 radical (unpaired) electrons. The Morgan fingerprint density at radius 3 is 2.25 bits per heavy atom. The van der Waals surface area contributed by atoms with E-state index in [1.165, 1.54) is 4.90 Å². The predicted octanol–water partition coefficient (Wildman–Crippen LogP) is 1.42. The number of ether oxygens (including phenoxy) is 2. The van der Waals surface area contributed by atoms with E-state index in [9.17, 15) is 29.4 Å². The van der Waals surface area contributed by atoms with E-state index >= 15 is 0 Å². The molecule has 3 fully saturated rings. The van der Waals surface area contributed by atoms with Crippen LogP contribution in [0.25, 0.3) is 0 Å². The molecule has 3 rings (SSSR count). The third kappa shape index (κ3) is 7.55. The van der Waals surface area contributed by atoms with Crippen LogP contribution in [0.15, 0.2) is 0 Å². The van der Waals surface area contributed by atoms with Crippen molar-refractivity contribution < 1.29 is 38.9 Å². The lowest BCUT2D eigenvalue weighted by Crippen LogP contribution is -2.58. The molecular weight excluding hydrogens is 470 g/mol. The minimum absolute atomic E-state index is 0.0525. The standard InChI is InChI=1S/C25H41N3O8/c1-25(2,3)36-24(34)27-19(16-8-5-4-6-9-16)22(31)28-11-7-10-18(28)21(30)26-17(20(29)23(32)33)12-15-13-35-14-15/h15-20,29H,4-14H2,1-3H3,(H,26,30)(H,27,34)(H,32,33)/t17-,18+,19+,20?/m1/s1. The molecule has 3 amide bonds. The minimum Gasteiger partial charge on any atom is -0.479 e. The fourth-order valence-corrected chi connectivity index (χ4v) is 5.26. The zero-order valence-corrected chi connectivity index (χ0v) is 21.5. The Morgan fingerprint density at radius 1 is 1.03 bits per heavy atom. The molecule has 1 aliphatic carbocycles. The number of likely N-dealkylation sites (tertiary alicyclic amines) is 1. The van der Waals surface area contributed by atoms with Crippen molar-refractivity contribution in [1.82, 2.24) is 15.5 Å². The second kappa shape index (κ2) is 12.2. The lowest BCUT2D eigenvalue weighted by atomic mass is 9.83. The smallest absolute Gasteiger partial charge is 0.408 e. The number of alkyl carbamates (subject to hydrolysis) is 1. The Hall–Kier alpha value is -2.40. The number of carboxylic acids is 1. The molecule has 0 bridgehead atoms. The van der Waals surface area contributed by atoms with Gasteiger partial charge in [-0.25, -0.2) is 9.59 Å². The first-order chi connectivity index (χ1) is 17.0. The maximum Gasteiger partial charge on any atom is 0.408 e. The largest absolute Gasteiger partial charge is 0.479 e. The van der Waals surface area contributed by atoms with E-state index in [-0.39, 0.29) is 24.2 Å². The summed E-state index contributed by atoms with van der Waals surface area (Å²) in [7, 11) is 0. The van der Waals surface area contributed by atoms with Gasteiger partial charge in [-0.1, -0.05) is 19.3 Å². The summed E-state index contributed by atoms with van der Waals surface area (Å²) in [4.78, 5) is 52.5. The molecule has 2 saturated heterocycles. The number of aliphatic hydroxyl groups excluding tert-OH is 1. The number of carboxylic acid groups (broad SMARTS) is 1. The molecule has 1 unspecified atom stereocenters. The van der Waals surface area contributed by atoms with Crippen LogP contribution in [-0.4, -0.2) is 88.6 Å². The monoisotopic (exact) mass is 511 g/mol. The van der Waals surface area contributed by atoms with Crippen molar-refractivity contribution in [3.63, 3.8) is 0 Å². The Labute approximate surface area is 212 Å². The molecule has 36 heavy (non-hydrogen) atoms. The van der Waals surface area contributed by atoms with Crippen LogP contribution in [0.3, 0.4) is 0 Å². The highest BCUT2D eigenvalue weighted by atomic mass is 16.6. The molecule has 0 aromatic rings. The van der Waals surface area contributed by atoms with Crippen molar-refractivity contribution in [3.05, 3.63) is 0 Å². The van der Waals surface area contributed by atoms with Gasteiger partial charge in [-0.05, 0) is 58.8 Å². The van der Waals surface area contributed by atoms with E-state index < -0.39 is 47.8 Å². The lowest BCUT2D eigenvalue weighted by Gasteiger charge is -2.36. The van der Waals surface area contributed by atoms with E-state index in [4.69, 9.17) is 9.47 Å². The molecule has 11 heteroatoms. The van der Waals surface area contributed by atoms with Crippen molar-refractivity contribution >= 4 is 23.9 Å². The SMILES string of the molecule is CC(C)(C)OC(=O)N[C@H](C(=O)N1CCC[C@H]1C(=O)N[C@H](CC1COC1)C(O)C(=O)O)C1CCCCC1.